The quantitative estimate of drug-likeness (QED) is 0.554. The van der Waals surface area contributed by atoms with Gasteiger partial charge in [0.05, 0.1) is 19.8 Å². The maximum absolute atomic E-state index is 10.3. The number of ether oxygens (including phenoxy) is 3. The number of aliphatic hydroxyl groups is 3. The largest absolute Gasteiger partial charge is 0.387 e. The third-order valence-electron chi connectivity index (χ3n) is 5.29. The average Bonchev–Trinajstić information content (AvgIpc) is 2.79. The minimum atomic E-state index is -1.38. The Morgan fingerprint density at radius 2 is 1.43 bits per heavy atom. The highest BCUT2D eigenvalue weighted by molar-refractivity contribution is 5.82. The minimum absolute atomic E-state index is 0.0585. The number of hydrogen-bond donors (Lipinski definition) is 3. The van der Waals surface area contributed by atoms with E-state index in [1.807, 2.05) is 60.7 Å². The number of rotatable bonds is 7. The van der Waals surface area contributed by atoms with Crippen molar-refractivity contribution in [2.24, 2.45) is 0 Å². The van der Waals surface area contributed by atoms with Gasteiger partial charge in [-0.3, -0.25) is 0 Å². The zero-order chi connectivity index (χ0) is 20.9. The molecule has 1 saturated heterocycles. The molecule has 30 heavy (non-hydrogen) atoms. The SMILES string of the molecule is O[C@@H]1[C@@H](O)[C@H](OCc2ccccc2)O[C@H](COCc2ccc3ccccc3c2)[C@H]1O. The van der Waals surface area contributed by atoms with Gasteiger partial charge in [-0.1, -0.05) is 66.7 Å². The normalized spacial score (nSPS) is 26.7. The molecule has 1 fully saturated rings. The standard InChI is InChI=1S/C24H26O6/c25-21-20(15-28-13-17-10-11-18-8-4-5-9-19(18)12-17)30-24(23(27)22(21)26)29-14-16-6-2-1-3-7-16/h1-12,20-27H,13-15H2/t20-,21-,22+,23-,24-/m1/s1. The van der Waals surface area contributed by atoms with Gasteiger partial charge in [0.1, 0.15) is 24.4 Å². The predicted octanol–water partition coefficient (Wildman–Crippen LogP) is 2.38. The van der Waals surface area contributed by atoms with Crippen LogP contribution >= 0.6 is 0 Å². The van der Waals surface area contributed by atoms with Crippen LogP contribution in [0.5, 0.6) is 0 Å². The van der Waals surface area contributed by atoms with Crippen molar-refractivity contribution in [3.63, 3.8) is 0 Å². The van der Waals surface area contributed by atoms with Crippen LogP contribution in [0.2, 0.25) is 0 Å². The van der Waals surface area contributed by atoms with Crippen LogP contribution < -0.4 is 0 Å². The monoisotopic (exact) mass is 410 g/mol. The van der Waals surface area contributed by atoms with Gasteiger partial charge < -0.3 is 29.5 Å². The average molecular weight is 410 g/mol. The van der Waals surface area contributed by atoms with Gasteiger partial charge in [-0.2, -0.15) is 0 Å². The molecule has 0 bridgehead atoms. The van der Waals surface area contributed by atoms with Gasteiger partial charge in [-0.25, -0.2) is 0 Å². The molecule has 3 N–H and O–H groups in total. The molecular weight excluding hydrogens is 384 g/mol. The number of fused-ring (bicyclic) bond motifs is 1. The third-order valence-corrected chi connectivity index (χ3v) is 5.29. The van der Waals surface area contributed by atoms with Crippen LogP contribution in [-0.2, 0) is 27.4 Å². The summed E-state index contributed by atoms with van der Waals surface area (Å²) in [6.07, 6.45) is -5.87. The van der Waals surface area contributed by atoms with Gasteiger partial charge in [0.2, 0.25) is 0 Å². The second kappa shape index (κ2) is 9.66. The molecule has 1 aliphatic heterocycles. The molecule has 0 aromatic heterocycles. The summed E-state index contributed by atoms with van der Waals surface area (Å²) in [6.45, 7) is 0.616. The molecule has 0 amide bonds. The Morgan fingerprint density at radius 3 is 2.23 bits per heavy atom. The summed E-state index contributed by atoms with van der Waals surface area (Å²) in [6, 6.07) is 23.6. The summed E-state index contributed by atoms with van der Waals surface area (Å²) >= 11 is 0. The molecule has 0 radical (unpaired) electrons. The molecule has 6 heteroatoms. The second-order valence-corrected chi connectivity index (χ2v) is 7.51. The fraction of sp³-hybridized carbons (Fsp3) is 0.333. The van der Waals surface area contributed by atoms with Crippen LogP contribution in [0, 0.1) is 0 Å². The van der Waals surface area contributed by atoms with E-state index in [2.05, 4.69) is 12.1 Å². The summed E-state index contributed by atoms with van der Waals surface area (Å²) in [7, 11) is 0. The summed E-state index contributed by atoms with van der Waals surface area (Å²) < 4.78 is 17.1. The first kappa shape index (κ1) is 20.9. The van der Waals surface area contributed by atoms with Crippen LogP contribution in [0.4, 0.5) is 0 Å². The van der Waals surface area contributed by atoms with Crippen LogP contribution in [0.25, 0.3) is 10.8 Å². The van der Waals surface area contributed by atoms with Crippen molar-refractivity contribution in [1.82, 2.24) is 0 Å². The Kier molecular flexibility index (Phi) is 6.74. The van der Waals surface area contributed by atoms with E-state index in [0.29, 0.717) is 6.61 Å². The van der Waals surface area contributed by atoms with E-state index in [-0.39, 0.29) is 13.2 Å². The van der Waals surface area contributed by atoms with E-state index in [0.717, 1.165) is 21.9 Å². The molecule has 158 valence electrons. The summed E-state index contributed by atoms with van der Waals surface area (Å²) in [4.78, 5) is 0. The highest BCUT2D eigenvalue weighted by atomic mass is 16.7. The maximum Gasteiger partial charge on any atom is 0.187 e. The van der Waals surface area contributed by atoms with Crippen LogP contribution in [0.15, 0.2) is 72.8 Å². The zero-order valence-corrected chi connectivity index (χ0v) is 16.5. The van der Waals surface area contributed by atoms with Gasteiger partial charge in [0.25, 0.3) is 0 Å². The molecule has 1 aliphatic rings. The summed E-state index contributed by atoms with van der Waals surface area (Å²) in [5.74, 6) is 0. The Labute approximate surface area is 175 Å². The third kappa shape index (κ3) is 4.87. The number of benzene rings is 3. The van der Waals surface area contributed by atoms with Crippen molar-refractivity contribution in [1.29, 1.82) is 0 Å². The van der Waals surface area contributed by atoms with Crippen LogP contribution in [0.1, 0.15) is 11.1 Å². The van der Waals surface area contributed by atoms with E-state index in [1.165, 1.54) is 0 Å². The highest BCUT2D eigenvalue weighted by Crippen LogP contribution is 2.24. The smallest absolute Gasteiger partial charge is 0.187 e. The first-order chi connectivity index (χ1) is 14.6. The Hall–Kier alpha value is -2.32. The fourth-order valence-electron chi connectivity index (χ4n) is 3.57. The van der Waals surface area contributed by atoms with E-state index in [9.17, 15) is 15.3 Å². The van der Waals surface area contributed by atoms with E-state index in [1.54, 1.807) is 0 Å². The second-order valence-electron chi connectivity index (χ2n) is 7.51. The van der Waals surface area contributed by atoms with Crippen molar-refractivity contribution in [2.45, 2.75) is 43.9 Å². The Morgan fingerprint density at radius 1 is 0.700 bits per heavy atom. The molecule has 1 heterocycles. The Balaban J connectivity index is 1.33. The molecule has 3 aromatic rings. The first-order valence-corrected chi connectivity index (χ1v) is 10.0. The summed E-state index contributed by atoms with van der Waals surface area (Å²) in [5.41, 5.74) is 1.91. The van der Waals surface area contributed by atoms with Gasteiger partial charge >= 0.3 is 0 Å². The molecule has 0 unspecified atom stereocenters. The lowest BCUT2D eigenvalue weighted by Crippen LogP contribution is -2.59. The van der Waals surface area contributed by atoms with Crippen LogP contribution in [0.3, 0.4) is 0 Å². The van der Waals surface area contributed by atoms with Crippen molar-refractivity contribution in [3.05, 3.63) is 83.9 Å². The van der Waals surface area contributed by atoms with Crippen molar-refractivity contribution >= 4 is 10.8 Å². The topological polar surface area (TPSA) is 88.4 Å². The molecule has 0 aliphatic carbocycles. The lowest BCUT2D eigenvalue weighted by Gasteiger charge is -2.40. The predicted molar refractivity (Wildman–Crippen MR) is 112 cm³/mol. The van der Waals surface area contributed by atoms with E-state index in [4.69, 9.17) is 14.2 Å². The van der Waals surface area contributed by atoms with Gasteiger partial charge in [-0.05, 0) is 28.0 Å². The minimum Gasteiger partial charge on any atom is -0.387 e. The number of hydrogen-bond acceptors (Lipinski definition) is 6. The molecule has 5 atom stereocenters. The lowest BCUT2D eigenvalue weighted by atomic mass is 9.99. The van der Waals surface area contributed by atoms with E-state index < -0.39 is 30.7 Å². The zero-order valence-electron chi connectivity index (χ0n) is 16.5. The maximum atomic E-state index is 10.3. The van der Waals surface area contributed by atoms with Gasteiger partial charge in [0.15, 0.2) is 6.29 Å². The number of aliphatic hydroxyl groups excluding tert-OH is 3. The van der Waals surface area contributed by atoms with Crippen molar-refractivity contribution < 1.29 is 29.5 Å². The molecule has 3 aromatic carbocycles. The lowest BCUT2D eigenvalue weighted by molar-refractivity contribution is -0.306. The summed E-state index contributed by atoms with van der Waals surface area (Å²) in [5, 5.41) is 33.0. The van der Waals surface area contributed by atoms with Crippen molar-refractivity contribution in [2.75, 3.05) is 6.61 Å². The van der Waals surface area contributed by atoms with Crippen LogP contribution in [-0.4, -0.2) is 52.6 Å². The van der Waals surface area contributed by atoms with E-state index >= 15 is 0 Å². The molecule has 0 spiro atoms. The first-order valence-electron chi connectivity index (χ1n) is 10.0. The molecule has 4 rings (SSSR count). The molecule has 0 saturated carbocycles. The fourth-order valence-corrected chi connectivity index (χ4v) is 3.57. The highest BCUT2D eigenvalue weighted by Gasteiger charge is 2.44. The van der Waals surface area contributed by atoms with Gasteiger partial charge in [-0.15, -0.1) is 0 Å². The Bertz CT molecular complexity index is 947. The molecular formula is C24H26O6. The van der Waals surface area contributed by atoms with Crippen molar-refractivity contribution in [3.8, 4) is 0 Å². The molecule has 6 nitrogen and oxygen atoms in total. The van der Waals surface area contributed by atoms with Gasteiger partial charge in [0, 0.05) is 0 Å².